The molecule has 8 nitrogen and oxygen atoms in total. The zero-order valence-corrected chi connectivity index (χ0v) is 16.1. The molecule has 140 valence electrons. The molecule has 0 spiro atoms. The number of nitrogens with zero attached hydrogens (tertiary/aromatic N) is 3. The number of amides is 1. The molecule has 3 heterocycles. The maximum atomic E-state index is 12.0. The maximum absolute atomic E-state index is 12.0. The van der Waals surface area contributed by atoms with E-state index >= 15 is 0 Å². The normalized spacial score (nSPS) is 12.3. The number of ether oxygens (including phenoxy) is 2. The Hall–Kier alpha value is -2.59. The van der Waals surface area contributed by atoms with Gasteiger partial charge in [0.2, 0.25) is 18.6 Å². The average Bonchev–Trinajstić information content (AvgIpc) is 3.39. The summed E-state index contributed by atoms with van der Waals surface area (Å²) in [5.74, 6) is 1.99. The number of benzene rings is 1. The Morgan fingerprint density at radius 3 is 3.04 bits per heavy atom. The van der Waals surface area contributed by atoms with Crippen LogP contribution in [0.3, 0.4) is 0 Å². The molecule has 0 saturated carbocycles. The smallest absolute Gasteiger partial charge is 0.277 e. The van der Waals surface area contributed by atoms with Gasteiger partial charge in [-0.3, -0.25) is 4.79 Å². The third kappa shape index (κ3) is 4.58. The van der Waals surface area contributed by atoms with E-state index in [2.05, 4.69) is 20.5 Å². The molecular formula is C17H16N4O4S2. The molecule has 3 aromatic rings. The van der Waals surface area contributed by atoms with Crippen LogP contribution in [0, 0.1) is 6.92 Å². The zero-order valence-electron chi connectivity index (χ0n) is 14.4. The van der Waals surface area contributed by atoms with Crippen molar-refractivity contribution in [2.45, 2.75) is 25.1 Å². The van der Waals surface area contributed by atoms with Gasteiger partial charge in [-0.1, -0.05) is 17.8 Å². The summed E-state index contributed by atoms with van der Waals surface area (Å²) in [6.45, 7) is 2.59. The van der Waals surface area contributed by atoms with E-state index in [9.17, 15) is 4.79 Å². The summed E-state index contributed by atoms with van der Waals surface area (Å²) in [4.78, 5) is 16.4. The topological polar surface area (TPSA) is 99.4 Å². The van der Waals surface area contributed by atoms with E-state index < -0.39 is 0 Å². The lowest BCUT2D eigenvalue weighted by Gasteiger charge is -2.05. The molecule has 0 bridgehead atoms. The molecule has 1 aromatic carbocycles. The minimum absolute atomic E-state index is 0.118. The molecule has 27 heavy (non-hydrogen) atoms. The number of hydrogen-bond donors (Lipinski definition) is 1. The van der Waals surface area contributed by atoms with Crippen molar-refractivity contribution in [3.05, 3.63) is 45.7 Å². The van der Waals surface area contributed by atoms with E-state index in [-0.39, 0.29) is 18.5 Å². The molecular weight excluding hydrogens is 388 g/mol. The van der Waals surface area contributed by atoms with Crippen molar-refractivity contribution in [3.8, 4) is 11.5 Å². The van der Waals surface area contributed by atoms with Crippen molar-refractivity contribution in [1.82, 2.24) is 20.5 Å². The molecule has 1 aliphatic heterocycles. The third-order valence-electron chi connectivity index (χ3n) is 3.70. The van der Waals surface area contributed by atoms with Crippen molar-refractivity contribution in [3.63, 3.8) is 0 Å². The highest BCUT2D eigenvalue weighted by molar-refractivity contribution is 7.99. The Morgan fingerprint density at radius 2 is 2.19 bits per heavy atom. The van der Waals surface area contributed by atoms with Gasteiger partial charge in [0.25, 0.3) is 5.22 Å². The fourth-order valence-electron chi connectivity index (χ4n) is 2.44. The number of thioether (sulfide) groups is 1. The van der Waals surface area contributed by atoms with Crippen LogP contribution in [0.1, 0.15) is 22.2 Å². The molecule has 0 unspecified atom stereocenters. The predicted octanol–water partition coefficient (Wildman–Crippen LogP) is 2.56. The zero-order chi connectivity index (χ0) is 18.6. The Bertz CT molecular complexity index is 956. The number of nitrogens with one attached hydrogen (secondary N) is 1. The van der Waals surface area contributed by atoms with Crippen LogP contribution in [0.2, 0.25) is 0 Å². The van der Waals surface area contributed by atoms with Crippen molar-refractivity contribution < 1.29 is 18.7 Å². The summed E-state index contributed by atoms with van der Waals surface area (Å²) >= 11 is 2.79. The maximum Gasteiger partial charge on any atom is 0.277 e. The molecule has 0 atom stereocenters. The molecule has 4 rings (SSSR count). The highest BCUT2D eigenvalue weighted by atomic mass is 32.2. The standard InChI is InChI=1S/C17H16N4O4S2/c1-10-19-12(7-26-10)5-16-20-21-17(25-16)27-8-15(22)18-6-11-2-3-13-14(4-11)24-9-23-13/h2-4,7H,5-6,8-9H2,1H3,(H,18,22). The lowest BCUT2D eigenvalue weighted by Crippen LogP contribution is -2.24. The molecule has 2 aromatic heterocycles. The lowest BCUT2D eigenvalue weighted by molar-refractivity contribution is -0.118. The van der Waals surface area contributed by atoms with Crippen LogP contribution < -0.4 is 14.8 Å². The second-order valence-electron chi connectivity index (χ2n) is 5.75. The summed E-state index contributed by atoms with van der Waals surface area (Å²) < 4.78 is 16.1. The van der Waals surface area contributed by atoms with Crippen molar-refractivity contribution in [2.75, 3.05) is 12.5 Å². The van der Waals surface area contributed by atoms with Crippen LogP contribution in [0.25, 0.3) is 0 Å². The third-order valence-corrected chi connectivity index (χ3v) is 5.34. The molecule has 10 heteroatoms. The highest BCUT2D eigenvalue weighted by Gasteiger charge is 2.14. The SMILES string of the molecule is Cc1nc(Cc2nnc(SCC(=O)NCc3ccc4c(c3)OCO4)o2)cs1. The van der Waals surface area contributed by atoms with Crippen LogP contribution in [-0.4, -0.2) is 33.6 Å². The monoisotopic (exact) mass is 404 g/mol. The van der Waals surface area contributed by atoms with E-state index in [1.54, 1.807) is 11.3 Å². The van der Waals surface area contributed by atoms with Gasteiger partial charge in [0.1, 0.15) is 0 Å². The number of rotatable bonds is 7. The van der Waals surface area contributed by atoms with Crippen LogP contribution in [0.15, 0.2) is 33.2 Å². The Morgan fingerprint density at radius 1 is 1.30 bits per heavy atom. The molecule has 0 fully saturated rings. The number of carbonyl (C=O) groups is 1. The minimum atomic E-state index is -0.118. The fourth-order valence-corrected chi connectivity index (χ4v) is 3.67. The Kier molecular flexibility index (Phi) is 5.26. The van der Waals surface area contributed by atoms with Crippen LogP contribution in [0.5, 0.6) is 11.5 Å². The lowest BCUT2D eigenvalue weighted by atomic mass is 10.2. The number of hydrogen-bond acceptors (Lipinski definition) is 9. The average molecular weight is 404 g/mol. The van der Waals surface area contributed by atoms with Gasteiger partial charge < -0.3 is 19.2 Å². The number of thiazole rings is 1. The fraction of sp³-hybridized carbons (Fsp3) is 0.294. The van der Waals surface area contributed by atoms with Crippen molar-refractivity contribution in [1.29, 1.82) is 0 Å². The first-order valence-electron chi connectivity index (χ1n) is 8.17. The van der Waals surface area contributed by atoms with Gasteiger partial charge in [-0.2, -0.15) is 0 Å². The summed E-state index contributed by atoms with van der Waals surface area (Å²) in [5.41, 5.74) is 1.84. The van der Waals surface area contributed by atoms with Gasteiger partial charge in [0.15, 0.2) is 11.5 Å². The number of aromatic nitrogens is 3. The van der Waals surface area contributed by atoms with Crippen LogP contribution in [-0.2, 0) is 17.8 Å². The van der Waals surface area contributed by atoms with E-state index in [1.807, 2.05) is 30.5 Å². The molecule has 0 radical (unpaired) electrons. The largest absolute Gasteiger partial charge is 0.454 e. The predicted molar refractivity (Wildman–Crippen MR) is 99.1 cm³/mol. The molecule has 0 saturated heterocycles. The van der Waals surface area contributed by atoms with Crippen molar-refractivity contribution >= 4 is 29.0 Å². The molecule has 0 aliphatic carbocycles. The number of aryl methyl sites for hydroxylation is 1. The van der Waals surface area contributed by atoms with E-state index in [0.29, 0.717) is 29.8 Å². The molecule has 1 aliphatic rings. The number of fused-ring (bicyclic) bond motifs is 1. The van der Waals surface area contributed by atoms with Gasteiger partial charge in [-0.25, -0.2) is 4.98 Å². The quantitative estimate of drug-likeness (QED) is 0.600. The second-order valence-corrected chi connectivity index (χ2v) is 7.74. The molecule has 1 amide bonds. The first kappa shape index (κ1) is 17.8. The van der Waals surface area contributed by atoms with Crippen LogP contribution >= 0.6 is 23.1 Å². The second kappa shape index (κ2) is 7.97. The van der Waals surface area contributed by atoms with Gasteiger partial charge in [-0.05, 0) is 24.6 Å². The van der Waals surface area contributed by atoms with Gasteiger partial charge in [-0.15, -0.1) is 21.5 Å². The summed E-state index contributed by atoms with van der Waals surface area (Å²) in [7, 11) is 0. The van der Waals surface area contributed by atoms with Gasteiger partial charge >= 0.3 is 0 Å². The van der Waals surface area contributed by atoms with Gasteiger partial charge in [0, 0.05) is 11.9 Å². The summed E-state index contributed by atoms with van der Waals surface area (Å²) in [6, 6.07) is 5.59. The summed E-state index contributed by atoms with van der Waals surface area (Å²) in [5, 5.41) is 14.1. The Balaban J connectivity index is 1.23. The first-order chi connectivity index (χ1) is 13.2. The Labute approximate surface area is 163 Å². The van der Waals surface area contributed by atoms with Gasteiger partial charge in [0.05, 0.1) is 22.9 Å². The van der Waals surface area contributed by atoms with E-state index in [1.165, 1.54) is 11.8 Å². The number of carbonyl (C=O) groups excluding carboxylic acids is 1. The van der Waals surface area contributed by atoms with E-state index in [4.69, 9.17) is 13.9 Å². The summed E-state index contributed by atoms with van der Waals surface area (Å²) in [6.07, 6.45) is 0.494. The minimum Gasteiger partial charge on any atom is -0.454 e. The highest BCUT2D eigenvalue weighted by Crippen LogP contribution is 2.32. The van der Waals surface area contributed by atoms with Crippen molar-refractivity contribution in [2.24, 2.45) is 0 Å². The first-order valence-corrected chi connectivity index (χ1v) is 10.0. The molecule has 1 N–H and O–H groups in total. The van der Waals surface area contributed by atoms with Crippen LogP contribution in [0.4, 0.5) is 0 Å². The van der Waals surface area contributed by atoms with E-state index in [0.717, 1.165) is 22.0 Å².